The molecule has 18 valence electrons. The van der Waals surface area contributed by atoms with Crippen LogP contribution < -0.4 is 18.9 Å². The van der Waals surface area contributed by atoms with Crippen molar-refractivity contribution in [1.82, 2.24) is 0 Å². The van der Waals surface area contributed by atoms with E-state index in [0.717, 1.165) is 0 Å². The number of hydrogen-bond donors (Lipinski definition) is 0. The molecule has 4 heavy (non-hydrogen) atoms. The first-order valence-corrected chi connectivity index (χ1v) is 0.921. The van der Waals surface area contributed by atoms with Gasteiger partial charge in [0, 0.05) is 0 Å². The minimum Gasteiger partial charge on any atom is -0.406 e. The van der Waals surface area contributed by atoms with E-state index in [4.69, 9.17) is 0 Å². The first-order chi connectivity index (χ1) is 1.41. The second-order valence-corrected chi connectivity index (χ2v) is 0.401. The Hall–Kier alpha value is 0.627. The Balaban J connectivity index is 0. The van der Waals surface area contributed by atoms with Crippen LogP contribution >= 0.6 is 11.6 Å². The zero-order valence-corrected chi connectivity index (χ0v) is 3.34. The fourth-order valence-corrected chi connectivity index (χ4v) is 0. The van der Waals surface area contributed by atoms with Gasteiger partial charge in [-0.3, -0.25) is 6.58 Å². The monoisotopic (exact) mass is 68.0 g/mol. The van der Waals surface area contributed by atoms with Crippen LogP contribution in [0, 0.1) is 5.54 Å². The van der Waals surface area contributed by atoms with Crippen LogP contribution in [0.15, 0.2) is 6.58 Å². The van der Waals surface area contributed by atoms with Gasteiger partial charge < -0.3 is 17.1 Å². The van der Waals surface area contributed by atoms with Crippen molar-refractivity contribution >= 4 is 11.6 Å². The molecule has 2 heteroatoms. The van der Waals surface area contributed by atoms with Crippen LogP contribution in [0.25, 0.3) is 0 Å². The summed E-state index contributed by atoms with van der Waals surface area (Å²) < 4.78 is 0. The Kier molecular flexibility index (Phi) is 20.8. The molecule has 0 amide bonds. The van der Waals surface area contributed by atoms with Gasteiger partial charge in [-0.25, -0.2) is 0 Å². The molecule has 0 aliphatic carbocycles. The maximum Gasteiger partial charge on any atom is 1.00 e. The van der Waals surface area contributed by atoms with Gasteiger partial charge in [-0.15, -0.1) is 0 Å². The van der Waals surface area contributed by atoms with Crippen LogP contribution in [0.5, 0.6) is 0 Å². The number of hydrogen-bond acceptors (Lipinski definition) is 0. The summed E-state index contributed by atoms with van der Waals surface area (Å²) in [4.78, 5) is 0. The molecule has 0 N–H and O–H groups in total. The van der Waals surface area contributed by atoms with E-state index in [1.165, 1.54) is 0 Å². The fraction of sp³-hybridized carbons (Fsp3) is 0. The van der Waals surface area contributed by atoms with E-state index in [1.54, 1.807) is 0 Å². The molecule has 0 nitrogen and oxygen atoms in total. The van der Waals surface area contributed by atoms with E-state index in [-0.39, 0.29) is 18.9 Å². The van der Waals surface area contributed by atoms with E-state index in [0.29, 0.717) is 0 Å². The van der Waals surface area contributed by atoms with Crippen molar-refractivity contribution in [2.24, 2.45) is 0 Å². The molecule has 0 radical (unpaired) electrons. The van der Waals surface area contributed by atoms with E-state index in [1.807, 2.05) is 5.54 Å². The minimum absolute atomic E-state index is 0. The summed E-state index contributed by atoms with van der Waals surface area (Å²) in [5.74, 6) is 0. The second kappa shape index (κ2) is 9.45. The summed E-state index contributed by atoms with van der Waals surface area (Å²) in [6.45, 7) is 3.00. The van der Waals surface area contributed by atoms with Gasteiger partial charge in [-0.1, -0.05) is 0 Å². The van der Waals surface area contributed by atoms with Gasteiger partial charge in [0.1, 0.15) is 0 Å². The average Bonchev–Trinajstić information content (AvgIpc) is 0.918. The van der Waals surface area contributed by atoms with Gasteiger partial charge >= 0.3 is 18.9 Å². The van der Waals surface area contributed by atoms with Crippen LogP contribution in [0.2, 0.25) is 0 Å². The third-order valence-corrected chi connectivity index (χ3v) is 0. The SMILES string of the molecule is C=[C-]Cl.[Li+]. The summed E-state index contributed by atoms with van der Waals surface area (Å²) >= 11 is 4.64. The molecule has 0 aromatic carbocycles. The van der Waals surface area contributed by atoms with Crippen molar-refractivity contribution in [3.63, 3.8) is 0 Å². The summed E-state index contributed by atoms with van der Waals surface area (Å²) in [5, 5.41) is 0. The van der Waals surface area contributed by atoms with Crippen LogP contribution in [0.3, 0.4) is 0 Å². The second-order valence-electron chi connectivity index (χ2n) is 0.134. The van der Waals surface area contributed by atoms with Gasteiger partial charge in [0.2, 0.25) is 0 Å². The number of rotatable bonds is 0. The van der Waals surface area contributed by atoms with Gasteiger partial charge in [-0.2, -0.15) is 0 Å². The average molecular weight is 68.4 g/mol. The molecule has 0 aromatic rings. The minimum atomic E-state index is 0. The van der Waals surface area contributed by atoms with Crippen molar-refractivity contribution in [3.8, 4) is 0 Å². The maximum atomic E-state index is 4.64. The molecule has 0 heterocycles. The van der Waals surface area contributed by atoms with Crippen molar-refractivity contribution in [1.29, 1.82) is 0 Å². The third kappa shape index (κ3) is 17.7. The van der Waals surface area contributed by atoms with Gasteiger partial charge in [0.15, 0.2) is 0 Å². The summed E-state index contributed by atoms with van der Waals surface area (Å²) in [6.07, 6.45) is 0. The third-order valence-electron chi connectivity index (χ3n) is 0. The molecule has 0 saturated carbocycles. The van der Waals surface area contributed by atoms with Crippen molar-refractivity contribution < 1.29 is 18.9 Å². The molecule has 0 fully saturated rings. The Morgan fingerprint density at radius 2 is 1.75 bits per heavy atom. The van der Waals surface area contributed by atoms with Gasteiger partial charge in [0.05, 0.1) is 0 Å². The predicted octanol–water partition coefficient (Wildman–Crippen LogP) is -1.82. The Labute approximate surface area is 43.0 Å². The molecule has 0 rings (SSSR count). The predicted molar refractivity (Wildman–Crippen MR) is 14.7 cm³/mol. The largest absolute Gasteiger partial charge is 1.00 e. The normalized spacial score (nSPS) is 3.25. The molecule has 0 spiro atoms. The zero-order chi connectivity index (χ0) is 2.71. The maximum absolute atomic E-state index is 4.64. The van der Waals surface area contributed by atoms with Crippen LogP contribution in [0.1, 0.15) is 0 Å². The van der Waals surface area contributed by atoms with Gasteiger partial charge in [0.25, 0.3) is 0 Å². The quantitative estimate of drug-likeness (QED) is 0.232. The van der Waals surface area contributed by atoms with Crippen LogP contribution in [0.4, 0.5) is 0 Å². The van der Waals surface area contributed by atoms with E-state index >= 15 is 0 Å². The summed E-state index contributed by atoms with van der Waals surface area (Å²) in [7, 11) is 0. The van der Waals surface area contributed by atoms with E-state index < -0.39 is 0 Å². The summed E-state index contributed by atoms with van der Waals surface area (Å²) in [5.41, 5.74) is 1.97. The first-order valence-electron chi connectivity index (χ1n) is 0.543. The molecule has 0 saturated heterocycles. The van der Waals surface area contributed by atoms with Crippen LogP contribution in [-0.2, 0) is 0 Å². The molecule has 0 atom stereocenters. The zero-order valence-electron chi connectivity index (χ0n) is 2.59. The molecule has 0 unspecified atom stereocenters. The standard InChI is InChI=1S/C2H2Cl.Li/c1-2-3;/h1H2;/q-1;+1. The van der Waals surface area contributed by atoms with Crippen LogP contribution in [-0.4, -0.2) is 0 Å². The summed E-state index contributed by atoms with van der Waals surface area (Å²) in [6, 6.07) is 0. The Morgan fingerprint density at radius 3 is 1.75 bits per heavy atom. The molecule has 0 aliphatic rings. The Morgan fingerprint density at radius 1 is 1.75 bits per heavy atom. The molecule has 0 aliphatic heterocycles. The molecular formula is C2H2ClLi. The van der Waals surface area contributed by atoms with Crippen molar-refractivity contribution in [2.45, 2.75) is 0 Å². The first kappa shape index (κ1) is 8.82. The molecule has 0 aromatic heterocycles. The van der Waals surface area contributed by atoms with E-state index in [2.05, 4.69) is 18.2 Å². The van der Waals surface area contributed by atoms with Crippen molar-refractivity contribution in [3.05, 3.63) is 12.1 Å². The topological polar surface area (TPSA) is 0 Å². The molecular weight excluding hydrogens is 66.4 g/mol. The van der Waals surface area contributed by atoms with E-state index in [9.17, 15) is 0 Å². The van der Waals surface area contributed by atoms with Crippen molar-refractivity contribution in [2.75, 3.05) is 0 Å². The fourth-order valence-electron chi connectivity index (χ4n) is 0. The van der Waals surface area contributed by atoms with Gasteiger partial charge in [-0.05, 0) is 0 Å². The molecule has 0 bridgehead atoms. The smallest absolute Gasteiger partial charge is 0.406 e. The Bertz CT molecular complexity index is 13.5. The number of halogens is 1.